The lowest BCUT2D eigenvalue weighted by atomic mass is 10.1. The average molecular weight is 382 g/mol. The minimum absolute atomic E-state index is 0.00561. The lowest BCUT2D eigenvalue weighted by molar-refractivity contribution is 0.100. The first-order valence-corrected chi connectivity index (χ1v) is 8.96. The van der Waals surface area contributed by atoms with Crippen LogP contribution >= 0.6 is 0 Å². The summed E-state index contributed by atoms with van der Waals surface area (Å²) in [6, 6.07) is 10.2. The molecule has 0 saturated heterocycles. The number of nitrogens with zero attached hydrogens (tertiary/aromatic N) is 2. The maximum absolute atomic E-state index is 14.4. The minimum atomic E-state index is -0.776. The van der Waals surface area contributed by atoms with E-state index in [1.54, 1.807) is 12.3 Å². The Bertz CT molecular complexity index is 1010. The second kappa shape index (κ2) is 8.18. The molecule has 0 aliphatic carbocycles. The van der Waals surface area contributed by atoms with Crippen molar-refractivity contribution in [2.75, 3.05) is 17.2 Å². The Kier molecular flexibility index (Phi) is 5.70. The van der Waals surface area contributed by atoms with E-state index >= 15 is 0 Å². The van der Waals surface area contributed by atoms with Crippen LogP contribution in [0.2, 0.25) is 0 Å². The molecule has 1 atom stereocenters. The van der Waals surface area contributed by atoms with Gasteiger partial charge in [-0.2, -0.15) is 0 Å². The molecule has 1 amide bonds. The molecule has 2 aromatic heterocycles. The molecule has 3 rings (SSSR count). The van der Waals surface area contributed by atoms with Gasteiger partial charge >= 0.3 is 0 Å². The van der Waals surface area contributed by atoms with Crippen molar-refractivity contribution in [2.24, 2.45) is 17.4 Å². The van der Waals surface area contributed by atoms with Gasteiger partial charge in [0.1, 0.15) is 5.82 Å². The topological polar surface area (TPSA) is 119 Å². The summed E-state index contributed by atoms with van der Waals surface area (Å²) < 4.78 is 14.4. The lowest BCUT2D eigenvalue weighted by Gasteiger charge is -2.18. The van der Waals surface area contributed by atoms with Gasteiger partial charge in [-0.15, -0.1) is 0 Å². The molecule has 6 N–H and O–H groups in total. The van der Waals surface area contributed by atoms with E-state index in [9.17, 15) is 9.18 Å². The molecule has 0 radical (unpaired) electrons. The van der Waals surface area contributed by atoms with Gasteiger partial charge in [0.05, 0.1) is 11.1 Å². The van der Waals surface area contributed by atoms with Crippen molar-refractivity contribution in [3.63, 3.8) is 0 Å². The van der Waals surface area contributed by atoms with Gasteiger partial charge in [0.15, 0.2) is 11.6 Å². The summed E-state index contributed by atoms with van der Waals surface area (Å²) in [6.45, 7) is 4.31. The molecule has 1 aromatic carbocycles. The monoisotopic (exact) mass is 382 g/mol. The highest BCUT2D eigenvalue weighted by molar-refractivity contribution is 5.99. The van der Waals surface area contributed by atoms with Gasteiger partial charge in [0, 0.05) is 29.9 Å². The van der Waals surface area contributed by atoms with E-state index < -0.39 is 11.7 Å². The molecule has 0 bridgehead atoms. The first-order chi connectivity index (χ1) is 13.3. The standard InChI is InChI=1S/C20H23FN6O/c1-11(2)16(22)10-25-20-15(21)9-14(18(23)28)19(27-20)26-13-5-6-17-12(8-13)4-3-7-24-17/h3-9,11,16H,10,22H2,1-2H3,(H2,23,28)(H2,25,26,27)/t16-/m0/s1. The highest BCUT2D eigenvalue weighted by atomic mass is 19.1. The van der Waals surface area contributed by atoms with Crippen LogP contribution in [0.4, 0.5) is 21.7 Å². The van der Waals surface area contributed by atoms with Crippen LogP contribution in [0.1, 0.15) is 24.2 Å². The van der Waals surface area contributed by atoms with Crippen LogP contribution < -0.4 is 22.1 Å². The van der Waals surface area contributed by atoms with Gasteiger partial charge in [0.25, 0.3) is 5.91 Å². The number of amides is 1. The Morgan fingerprint density at radius 3 is 2.71 bits per heavy atom. The minimum Gasteiger partial charge on any atom is -0.366 e. The van der Waals surface area contributed by atoms with E-state index in [-0.39, 0.29) is 29.2 Å². The predicted octanol–water partition coefficient (Wildman–Crippen LogP) is 3.01. The van der Waals surface area contributed by atoms with E-state index in [0.29, 0.717) is 12.2 Å². The molecule has 0 unspecified atom stereocenters. The summed E-state index contributed by atoms with van der Waals surface area (Å²) in [6.07, 6.45) is 1.71. The van der Waals surface area contributed by atoms with Crippen molar-refractivity contribution in [3.05, 3.63) is 54.0 Å². The van der Waals surface area contributed by atoms with E-state index in [0.717, 1.165) is 17.0 Å². The largest absolute Gasteiger partial charge is 0.366 e. The fourth-order valence-corrected chi connectivity index (χ4v) is 2.64. The van der Waals surface area contributed by atoms with Crippen molar-refractivity contribution >= 4 is 34.1 Å². The Balaban J connectivity index is 1.92. The summed E-state index contributed by atoms with van der Waals surface area (Å²) in [5, 5.41) is 6.86. The van der Waals surface area contributed by atoms with E-state index in [1.807, 2.05) is 38.1 Å². The van der Waals surface area contributed by atoms with Crippen molar-refractivity contribution in [3.8, 4) is 0 Å². The number of nitrogens with two attached hydrogens (primary N) is 2. The summed E-state index contributed by atoms with van der Waals surface area (Å²) in [7, 11) is 0. The van der Waals surface area contributed by atoms with Gasteiger partial charge in [-0.05, 0) is 36.2 Å². The first-order valence-electron chi connectivity index (χ1n) is 8.96. The second-order valence-corrected chi connectivity index (χ2v) is 6.90. The molecule has 0 fully saturated rings. The third-order valence-electron chi connectivity index (χ3n) is 4.47. The summed E-state index contributed by atoms with van der Waals surface area (Å²) >= 11 is 0. The highest BCUT2D eigenvalue weighted by Crippen LogP contribution is 2.25. The molecule has 8 heteroatoms. The number of carbonyl (C=O) groups excluding carboxylic acids is 1. The van der Waals surface area contributed by atoms with Gasteiger partial charge in [-0.1, -0.05) is 19.9 Å². The zero-order valence-corrected chi connectivity index (χ0v) is 15.7. The van der Waals surface area contributed by atoms with Crippen LogP contribution in [-0.4, -0.2) is 28.5 Å². The zero-order valence-electron chi connectivity index (χ0n) is 15.7. The molecule has 0 spiro atoms. The van der Waals surface area contributed by atoms with Crippen LogP contribution in [0.25, 0.3) is 10.9 Å². The third kappa shape index (κ3) is 4.34. The second-order valence-electron chi connectivity index (χ2n) is 6.90. The molecule has 28 heavy (non-hydrogen) atoms. The van der Waals surface area contributed by atoms with Gasteiger partial charge < -0.3 is 22.1 Å². The molecule has 0 aliphatic heterocycles. The Morgan fingerprint density at radius 2 is 2.00 bits per heavy atom. The average Bonchev–Trinajstić information content (AvgIpc) is 2.67. The van der Waals surface area contributed by atoms with E-state index in [2.05, 4.69) is 20.6 Å². The van der Waals surface area contributed by atoms with Gasteiger partial charge in [-0.25, -0.2) is 9.37 Å². The molecule has 3 aromatic rings. The Hall–Kier alpha value is -3.26. The van der Waals surface area contributed by atoms with Gasteiger partial charge in [-0.3, -0.25) is 9.78 Å². The number of hydrogen-bond acceptors (Lipinski definition) is 6. The van der Waals surface area contributed by atoms with Crippen LogP contribution in [0, 0.1) is 11.7 Å². The van der Waals surface area contributed by atoms with Crippen molar-refractivity contribution in [1.29, 1.82) is 0 Å². The number of halogens is 1. The number of hydrogen-bond donors (Lipinski definition) is 4. The Morgan fingerprint density at radius 1 is 1.21 bits per heavy atom. The number of primary amides is 1. The molecule has 0 aliphatic rings. The zero-order chi connectivity index (χ0) is 20.3. The van der Waals surface area contributed by atoms with Crippen LogP contribution in [0.15, 0.2) is 42.6 Å². The number of aromatic nitrogens is 2. The SMILES string of the molecule is CC(C)[C@@H](N)CNc1nc(Nc2ccc3ncccc3c2)c(C(N)=O)cc1F. The molecule has 0 saturated carbocycles. The van der Waals surface area contributed by atoms with Crippen LogP contribution in [0.5, 0.6) is 0 Å². The van der Waals surface area contributed by atoms with E-state index in [4.69, 9.17) is 11.5 Å². The fraction of sp³-hybridized carbons (Fsp3) is 0.250. The maximum atomic E-state index is 14.4. The number of benzene rings is 1. The summed E-state index contributed by atoms with van der Waals surface area (Å²) in [5.41, 5.74) is 12.9. The van der Waals surface area contributed by atoms with Gasteiger partial charge in [0.2, 0.25) is 0 Å². The number of anilines is 3. The number of fused-ring (bicyclic) bond motifs is 1. The normalized spacial score (nSPS) is 12.2. The predicted molar refractivity (Wildman–Crippen MR) is 109 cm³/mol. The number of nitrogens with one attached hydrogen (secondary N) is 2. The molecule has 2 heterocycles. The first kappa shape index (κ1) is 19.5. The van der Waals surface area contributed by atoms with E-state index in [1.165, 1.54) is 0 Å². The molecule has 7 nitrogen and oxygen atoms in total. The molecule has 146 valence electrons. The lowest BCUT2D eigenvalue weighted by Crippen LogP contribution is -2.34. The van der Waals surface area contributed by atoms with Crippen LogP contribution in [0.3, 0.4) is 0 Å². The number of rotatable bonds is 7. The third-order valence-corrected chi connectivity index (χ3v) is 4.47. The number of carbonyl (C=O) groups is 1. The molecular weight excluding hydrogens is 359 g/mol. The fourth-order valence-electron chi connectivity index (χ4n) is 2.64. The highest BCUT2D eigenvalue weighted by Gasteiger charge is 2.17. The summed E-state index contributed by atoms with van der Waals surface area (Å²) in [4.78, 5) is 20.3. The Labute approximate surface area is 162 Å². The number of pyridine rings is 2. The molecular formula is C20H23FN6O. The maximum Gasteiger partial charge on any atom is 0.252 e. The van der Waals surface area contributed by atoms with Crippen molar-refractivity contribution in [2.45, 2.75) is 19.9 Å². The smallest absolute Gasteiger partial charge is 0.252 e. The van der Waals surface area contributed by atoms with Crippen LogP contribution in [-0.2, 0) is 0 Å². The van der Waals surface area contributed by atoms with Crippen molar-refractivity contribution in [1.82, 2.24) is 9.97 Å². The summed E-state index contributed by atoms with van der Waals surface area (Å²) in [5.74, 6) is -1.05. The quantitative estimate of drug-likeness (QED) is 0.499. The van der Waals surface area contributed by atoms with Crippen molar-refractivity contribution < 1.29 is 9.18 Å².